The molecule has 0 saturated carbocycles. The highest BCUT2D eigenvalue weighted by Gasteiger charge is 2.27. The zero-order valence-corrected chi connectivity index (χ0v) is 20.0. The molecule has 6 nitrogen and oxygen atoms in total. The van der Waals surface area contributed by atoms with E-state index in [0.717, 1.165) is 19.9 Å². The van der Waals surface area contributed by atoms with Crippen LogP contribution >= 0.6 is 27.5 Å². The first-order valence-corrected chi connectivity index (χ1v) is 12.1. The van der Waals surface area contributed by atoms with Gasteiger partial charge < -0.3 is 5.32 Å². The Kier molecular flexibility index (Phi) is 8.04. The number of hydrogen-bond donors (Lipinski definition) is 1. The molecule has 0 atom stereocenters. The molecule has 164 valence electrons. The summed E-state index contributed by atoms with van der Waals surface area (Å²) in [6, 6.07) is 21.9. The summed E-state index contributed by atoms with van der Waals surface area (Å²) >= 11 is 9.26. The maximum atomic E-state index is 13.3. The first kappa shape index (κ1) is 24.0. The largest absolute Gasteiger partial charge is 0.325 e. The van der Waals surface area contributed by atoms with Crippen LogP contribution in [0.2, 0.25) is 5.02 Å². The normalized spacial score (nSPS) is 11.2. The molecule has 3 aromatic rings. The Labute approximate surface area is 200 Å². The maximum Gasteiger partial charge on any atom is 0.243 e. The van der Waals surface area contributed by atoms with Crippen LogP contribution in [0.4, 0.5) is 5.69 Å². The van der Waals surface area contributed by atoms with E-state index in [0.29, 0.717) is 10.7 Å². The van der Waals surface area contributed by atoms with E-state index < -0.39 is 15.9 Å². The second-order valence-corrected chi connectivity index (χ2v) is 10.2. The third kappa shape index (κ3) is 6.40. The number of amides is 1. The molecule has 9 heteroatoms. The molecule has 0 bridgehead atoms. The summed E-state index contributed by atoms with van der Waals surface area (Å²) in [7, 11) is -3.96. The quantitative estimate of drug-likeness (QED) is 0.442. The molecule has 3 rings (SSSR count). The summed E-state index contributed by atoms with van der Waals surface area (Å²) in [6.45, 7) is -0.353. The maximum absolute atomic E-state index is 13.3. The van der Waals surface area contributed by atoms with Crippen molar-refractivity contribution in [2.24, 2.45) is 0 Å². The van der Waals surface area contributed by atoms with Crippen LogP contribution in [-0.4, -0.2) is 25.2 Å². The minimum absolute atomic E-state index is 0.0206. The standard InChI is InChI=1S/C23H19BrClN3O3S/c24-19-5-1-18(2-6-19)15-28(32(30,31)22-11-7-20(25)8-12-22)16-23(29)27-21-9-3-17(4-10-21)13-14-26/h1-12H,13,15-16H2,(H,27,29). The molecule has 0 fully saturated rings. The molecular weight excluding hydrogens is 514 g/mol. The molecule has 0 aliphatic heterocycles. The summed E-state index contributed by atoms with van der Waals surface area (Å²) < 4.78 is 28.6. The Bertz CT molecular complexity index is 1220. The highest BCUT2D eigenvalue weighted by Crippen LogP contribution is 2.22. The molecule has 0 aliphatic rings. The fraction of sp³-hybridized carbons (Fsp3) is 0.130. The zero-order chi connectivity index (χ0) is 23.1. The van der Waals surface area contributed by atoms with Crippen molar-refractivity contribution in [3.8, 4) is 6.07 Å². The van der Waals surface area contributed by atoms with Crippen molar-refractivity contribution in [1.82, 2.24) is 4.31 Å². The number of benzene rings is 3. The second kappa shape index (κ2) is 10.7. The van der Waals surface area contributed by atoms with Gasteiger partial charge in [-0.2, -0.15) is 9.57 Å². The van der Waals surface area contributed by atoms with Gasteiger partial charge in [0, 0.05) is 21.7 Å². The number of anilines is 1. The van der Waals surface area contributed by atoms with Crippen molar-refractivity contribution in [2.45, 2.75) is 17.9 Å². The van der Waals surface area contributed by atoms with Crippen molar-refractivity contribution >= 4 is 49.1 Å². The SMILES string of the molecule is N#CCc1ccc(NC(=O)CN(Cc2ccc(Br)cc2)S(=O)(=O)c2ccc(Cl)cc2)cc1. The van der Waals surface area contributed by atoms with E-state index in [1.165, 1.54) is 24.3 Å². The Hall–Kier alpha value is -2.70. The van der Waals surface area contributed by atoms with E-state index in [1.807, 2.05) is 12.1 Å². The number of rotatable bonds is 8. The van der Waals surface area contributed by atoms with Crippen LogP contribution in [0.25, 0.3) is 0 Å². The summed E-state index contributed by atoms with van der Waals surface area (Å²) in [4.78, 5) is 12.8. The number of carbonyl (C=O) groups excluding carboxylic acids is 1. The van der Waals surface area contributed by atoms with E-state index in [4.69, 9.17) is 16.9 Å². The van der Waals surface area contributed by atoms with Gasteiger partial charge in [-0.15, -0.1) is 0 Å². The fourth-order valence-corrected chi connectivity index (χ4v) is 4.71. The average Bonchev–Trinajstić information content (AvgIpc) is 2.76. The molecule has 32 heavy (non-hydrogen) atoms. The van der Waals surface area contributed by atoms with Crippen LogP contribution in [0, 0.1) is 11.3 Å². The van der Waals surface area contributed by atoms with E-state index in [-0.39, 0.29) is 24.4 Å². The van der Waals surface area contributed by atoms with Gasteiger partial charge in [-0.3, -0.25) is 4.79 Å². The number of sulfonamides is 1. The van der Waals surface area contributed by atoms with Gasteiger partial charge >= 0.3 is 0 Å². The molecule has 0 aliphatic carbocycles. The predicted octanol–water partition coefficient (Wildman–Crippen LogP) is 5.00. The Morgan fingerprint density at radius 3 is 2.16 bits per heavy atom. The van der Waals surface area contributed by atoms with Crippen molar-refractivity contribution < 1.29 is 13.2 Å². The van der Waals surface area contributed by atoms with Crippen LogP contribution in [0.15, 0.2) is 82.2 Å². The van der Waals surface area contributed by atoms with Crippen molar-refractivity contribution in [3.05, 3.63) is 93.4 Å². The van der Waals surface area contributed by atoms with Gasteiger partial charge in [0.05, 0.1) is 23.9 Å². The van der Waals surface area contributed by atoms with Crippen LogP contribution in [-0.2, 0) is 27.8 Å². The molecule has 0 heterocycles. The van der Waals surface area contributed by atoms with Gasteiger partial charge in [0.25, 0.3) is 0 Å². The minimum Gasteiger partial charge on any atom is -0.325 e. The fourth-order valence-electron chi connectivity index (χ4n) is 2.93. The van der Waals surface area contributed by atoms with Crippen LogP contribution in [0.3, 0.4) is 0 Å². The molecule has 0 radical (unpaired) electrons. The third-order valence-electron chi connectivity index (χ3n) is 4.56. The number of nitrogens with zero attached hydrogens (tertiary/aromatic N) is 2. The van der Waals surface area contributed by atoms with Crippen molar-refractivity contribution in [3.63, 3.8) is 0 Å². The molecule has 1 amide bonds. The van der Waals surface area contributed by atoms with E-state index in [1.54, 1.807) is 36.4 Å². The van der Waals surface area contributed by atoms with Gasteiger partial charge in [0.2, 0.25) is 15.9 Å². The number of nitriles is 1. The Balaban J connectivity index is 1.82. The number of hydrogen-bond acceptors (Lipinski definition) is 4. The first-order chi connectivity index (χ1) is 15.3. The van der Waals surface area contributed by atoms with Crippen molar-refractivity contribution in [1.29, 1.82) is 5.26 Å². The molecule has 0 aromatic heterocycles. The van der Waals surface area contributed by atoms with Crippen LogP contribution in [0.1, 0.15) is 11.1 Å². The molecule has 3 aromatic carbocycles. The molecule has 0 unspecified atom stereocenters. The van der Waals surface area contributed by atoms with Crippen molar-refractivity contribution in [2.75, 3.05) is 11.9 Å². The van der Waals surface area contributed by atoms with E-state index in [9.17, 15) is 13.2 Å². The molecular formula is C23H19BrClN3O3S. The molecule has 0 saturated heterocycles. The van der Waals surface area contributed by atoms with E-state index >= 15 is 0 Å². The Morgan fingerprint density at radius 2 is 1.56 bits per heavy atom. The van der Waals surface area contributed by atoms with E-state index in [2.05, 4.69) is 27.3 Å². The number of nitrogens with one attached hydrogen (secondary N) is 1. The van der Waals surface area contributed by atoms with Gasteiger partial charge in [-0.1, -0.05) is 51.8 Å². The minimum atomic E-state index is -3.96. The smallest absolute Gasteiger partial charge is 0.243 e. The predicted molar refractivity (Wildman–Crippen MR) is 128 cm³/mol. The highest BCUT2D eigenvalue weighted by atomic mass is 79.9. The van der Waals surface area contributed by atoms with Crippen LogP contribution < -0.4 is 5.32 Å². The van der Waals surface area contributed by atoms with Gasteiger partial charge in [0.15, 0.2) is 0 Å². The summed E-state index contributed by atoms with van der Waals surface area (Å²) in [5, 5.41) is 11.9. The first-order valence-electron chi connectivity index (χ1n) is 9.54. The lowest BCUT2D eigenvalue weighted by Crippen LogP contribution is -2.37. The summed E-state index contributed by atoms with van der Waals surface area (Å²) in [6.07, 6.45) is 0.272. The Morgan fingerprint density at radius 1 is 0.969 bits per heavy atom. The van der Waals surface area contributed by atoms with Crippen LogP contribution in [0.5, 0.6) is 0 Å². The monoisotopic (exact) mass is 531 g/mol. The zero-order valence-electron chi connectivity index (χ0n) is 16.8. The average molecular weight is 533 g/mol. The molecule has 0 spiro atoms. The van der Waals surface area contributed by atoms with Gasteiger partial charge in [0.1, 0.15) is 0 Å². The number of carbonyl (C=O) groups is 1. The summed E-state index contributed by atoms with van der Waals surface area (Å²) in [5.41, 5.74) is 2.08. The van der Waals surface area contributed by atoms with Gasteiger partial charge in [-0.25, -0.2) is 8.42 Å². The lowest BCUT2D eigenvalue weighted by Gasteiger charge is -2.22. The number of halogens is 2. The summed E-state index contributed by atoms with van der Waals surface area (Å²) in [5.74, 6) is -0.479. The van der Waals surface area contributed by atoms with Gasteiger partial charge in [-0.05, 0) is 59.7 Å². The topological polar surface area (TPSA) is 90.3 Å². The lowest BCUT2D eigenvalue weighted by molar-refractivity contribution is -0.116. The third-order valence-corrected chi connectivity index (χ3v) is 7.15. The molecule has 1 N–H and O–H groups in total. The highest BCUT2D eigenvalue weighted by molar-refractivity contribution is 9.10. The lowest BCUT2D eigenvalue weighted by atomic mass is 10.1. The second-order valence-electron chi connectivity index (χ2n) is 6.93.